The predicted octanol–water partition coefficient (Wildman–Crippen LogP) is 4.41. The molecule has 0 aliphatic carbocycles. The van der Waals surface area contributed by atoms with Gasteiger partial charge in [-0.1, -0.05) is 60.6 Å². The predicted molar refractivity (Wildman–Crippen MR) is 138 cm³/mol. The van der Waals surface area contributed by atoms with Crippen LogP contribution in [0.5, 0.6) is 0 Å². The second-order valence-corrected chi connectivity index (χ2v) is 10.2. The molecule has 35 heavy (non-hydrogen) atoms. The molecule has 8 heteroatoms. The highest BCUT2D eigenvalue weighted by Crippen LogP contribution is 2.25. The van der Waals surface area contributed by atoms with E-state index in [0.717, 1.165) is 42.7 Å². The van der Waals surface area contributed by atoms with Crippen LogP contribution in [0.25, 0.3) is 0 Å². The van der Waals surface area contributed by atoms with Crippen LogP contribution < -0.4 is 4.90 Å². The molecule has 0 spiro atoms. The third-order valence-electron chi connectivity index (χ3n) is 6.68. The molecule has 0 unspecified atom stereocenters. The summed E-state index contributed by atoms with van der Waals surface area (Å²) in [5.41, 5.74) is 2.61. The Morgan fingerprint density at radius 1 is 0.886 bits per heavy atom. The molecular formula is C27H31N5O2S. The minimum atomic E-state index is 0.0235. The first-order chi connectivity index (χ1) is 17.2. The van der Waals surface area contributed by atoms with Crippen molar-refractivity contribution in [2.75, 3.05) is 30.3 Å². The lowest BCUT2D eigenvalue weighted by molar-refractivity contribution is -0.117. The zero-order valence-corrected chi connectivity index (χ0v) is 20.8. The van der Waals surface area contributed by atoms with Gasteiger partial charge in [-0.05, 0) is 50.0 Å². The number of nitrogens with zero attached hydrogens (tertiary/aromatic N) is 5. The van der Waals surface area contributed by atoms with E-state index in [4.69, 9.17) is 0 Å². The number of hydrogen-bond donors (Lipinski definition) is 0. The number of carbonyl (C=O) groups is 2. The molecule has 7 nitrogen and oxygen atoms in total. The number of rotatable bonds is 9. The Bertz CT molecular complexity index is 1170. The van der Waals surface area contributed by atoms with Gasteiger partial charge in [-0.3, -0.25) is 14.5 Å². The van der Waals surface area contributed by atoms with E-state index in [1.165, 1.54) is 36.6 Å². The van der Waals surface area contributed by atoms with Crippen LogP contribution >= 0.6 is 11.8 Å². The summed E-state index contributed by atoms with van der Waals surface area (Å²) in [6, 6.07) is 17.7. The van der Waals surface area contributed by atoms with Crippen LogP contribution in [0.2, 0.25) is 0 Å². The third-order valence-corrected chi connectivity index (χ3v) is 7.64. The van der Waals surface area contributed by atoms with Crippen molar-refractivity contribution in [2.24, 2.45) is 0 Å². The van der Waals surface area contributed by atoms with Crippen molar-refractivity contribution in [1.29, 1.82) is 0 Å². The van der Waals surface area contributed by atoms with E-state index in [9.17, 15) is 9.59 Å². The largest absolute Gasteiger partial charge is 0.312 e. The number of anilines is 1. The number of amides is 1. The van der Waals surface area contributed by atoms with Gasteiger partial charge in [0, 0.05) is 24.2 Å². The molecule has 1 amide bonds. The molecule has 1 aromatic heterocycles. The molecular weight excluding hydrogens is 458 g/mol. The number of benzene rings is 2. The molecule has 0 bridgehead atoms. The highest BCUT2D eigenvalue weighted by atomic mass is 32.2. The molecule has 2 aliphatic heterocycles. The minimum Gasteiger partial charge on any atom is -0.312 e. The van der Waals surface area contributed by atoms with E-state index in [0.29, 0.717) is 25.1 Å². The number of aromatic nitrogens is 3. The van der Waals surface area contributed by atoms with E-state index >= 15 is 0 Å². The van der Waals surface area contributed by atoms with Gasteiger partial charge >= 0.3 is 0 Å². The summed E-state index contributed by atoms with van der Waals surface area (Å²) >= 11 is 1.43. The first kappa shape index (κ1) is 23.8. The normalized spacial score (nSPS) is 16.7. The lowest BCUT2D eigenvalue weighted by atomic mass is 10.1. The number of Topliss-reactive ketones (excluding diaryl/α,β-unsaturated/α-hetero) is 1. The zero-order valence-electron chi connectivity index (χ0n) is 19.9. The average Bonchev–Trinajstić information content (AvgIpc) is 3.49. The Balaban J connectivity index is 1.31. The number of thioether (sulfide) groups is 1. The SMILES string of the molecule is O=C(CSc1nnc(CN2CCCCC2)n1Cc1ccccc1)c1cccc(N2CCCC2=O)c1. The van der Waals surface area contributed by atoms with Crippen molar-refractivity contribution in [1.82, 2.24) is 19.7 Å². The van der Waals surface area contributed by atoms with Gasteiger partial charge in [-0.2, -0.15) is 0 Å². The Labute approximate surface area is 210 Å². The van der Waals surface area contributed by atoms with Gasteiger partial charge in [0.15, 0.2) is 10.9 Å². The molecule has 0 radical (unpaired) electrons. The molecule has 0 atom stereocenters. The monoisotopic (exact) mass is 489 g/mol. The number of piperidine rings is 1. The van der Waals surface area contributed by atoms with Gasteiger partial charge < -0.3 is 9.47 Å². The van der Waals surface area contributed by atoms with Crippen LogP contribution in [0.3, 0.4) is 0 Å². The third kappa shape index (κ3) is 5.82. The van der Waals surface area contributed by atoms with Crippen molar-refractivity contribution in [2.45, 2.75) is 50.4 Å². The number of carbonyl (C=O) groups excluding carboxylic acids is 2. The fourth-order valence-corrected chi connectivity index (χ4v) is 5.62. The standard InChI is InChI=1S/C27H31N5O2S/c33-24(22-11-7-12-23(17-22)31-16-8-13-26(31)34)20-35-27-29-28-25(19-30-14-5-2-6-15-30)32(27)18-21-9-3-1-4-10-21/h1,3-4,7,9-12,17H,2,5-6,8,13-16,18-20H2. The highest BCUT2D eigenvalue weighted by molar-refractivity contribution is 7.99. The van der Waals surface area contributed by atoms with E-state index in [2.05, 4.69) is 31.8 Å². The van der Waals surface area contributed by atoms with Gasteiger partial charge in [-0.15, -0.1) is 10.2 Å². The maximum absolute atomic E-state index is 13.1. The summed E-state index contributed by atoms with van der Waals surface area (Å²) in [6.07, 6.45) is 5.19. The van der Waals surface area contributed by atoms with Crippen molar-refractivity contribution >= 4 is 29.1 Å². The first-order valence-electron chi connectivity index (χ1n) is 12.4. The summed E-state index contributed by atoms with van der Waals surface area (Å²) in [5.74, 6) is 1.36. The maximum Gasteiger partial charge on any atom is 0.227 e. The molecule has 2 aromatic carbocycles. The smallest absolute Gasteiger partial charge is 0.227 e. The quantitative estimate of drug-likeness (QED) is 0.327. The van der Waals surface area contributed by atoms with Crippen LogP contribution in [-0.4, -0.2) is 56.7 Å². The van der Waals surface area contributed by atoms with Gasteiger partial charge in [0.2, 0.25) is 5.91 Å². The lowest BCUT2D eigenvalue weighted by Gasteiger charge is -2.26. The topological polar surface area (TPSA) is 71.3 Å². The van der Waals surface area contributed by atoms with Gasteiger partial charge in [0.05, 0.1) is 18.8 Å². The first-order valence-corrected chi connectivity index (χ1v) is 13.4. The Hall–Kier alpha value is -2.97. The molecule has 5 rings (SSSR count). The second-order valence-electron chi connectivity index (χ2n) is 9.22. The minimum absolute atomic E-state index is 0.0235. The molecule has 182 valence electrons. The molecule has 2 aliphatic rings. The zero-order chi connectivity index (χ0) is 24.0. The fourth-order valence-electron chi connectivity index (χ4n) is 4.77. The molecule has 2 fully saturated rings. The molecule has 3 heterocycles. The summed E-state index contributed by atoms with van der Waals surface area (Å²) in [5, 5.41) is 9.77. The van der Waals surface area contributed by atoms with Gasteiger partial charge in [-0.25, -0.2) is 0 Å². The van der Waals surface area contributed by atoms with E-state index in [-0.39, 0.29) is 17.4 Å². The van der Waals surface area contributed by atoms with E-state index in [1.807, 2.05) is 42.5 Å². The highest BCUT2D eigenvalue weighted by Gasteiger charge is 2.23. The number of likely N-dealkylation sites (tertiary alicyclic amines) is 1. The van der Waals surface area contributed by atoms with Gasteiger partial charge in [0.25, 0.3) is 0 Å². The molecule has 2 saturated heterocycles. The number of hydrogen-bond acceptors (Lipinski definition) is 6. The van der Waals surface area contributed by atoms with Crippen LogP contribution in [0.1, 0.15) is 53.8 Å². The Morgan fingerprint density at radius 3 is 2.49 bits per heavy atom. The van der Waals surface area contributed by atoms with Gasteiger partial charge in [0.1, 0.15) is 5.82 Å². The van der Waals surface area contributed by atoms with E-state index < -0.39 is 0 Å². The van der Waals surface area contributed by atoms with Crippen molar-refractivity contribution in [3.05, 3.63) is 71.5 Å². The molecule has 0 saturated carbocycles. The van der Waals surface area contributed by atoms with Crippen molar-refractivity contribution in [3.63, 3.8) is 0 Å². The molecule has 0 N–H and O–H groups in total. The average molecular weight is 490 g/mol. The number of ketones is 1. The van der Waals surface area contributed by atoms with E-state index in [1.54, 1.807) is 4.90 Å². The van der Waals surface area contributed by atoms with Crippen molar-refractivity contribution in [3.8, 4) is 0 Å². The summed E-state index contributed by atoms with van der Waals surface area (Å²) < 4.78 is 2.15. The van der Waals surface area contributed by atoms with Crippen LogP contribution in [0.15, 0.2) is 59.8 Å². The Morgan fingerprint density at radius 2 is 1.71 bits per heavy atom. The maximum atomic E-state index is 13.1. The second kappa shape index (κ2) is 11.2. The van der Waals surface area contributed by atoms with Crippen molar-refractivity contribution < 1.29 is 9.59 Å². The van der Waals surface area contributed by atoms with Crippen LogP contribution in [-0.2, 0) is 17.9 Å². The van der Waals surface area contributed by atoms with Crippen LogP contribution in [0, 0.1) is 0 Å². The van der Waals surface area contributed by atoms with Crippen LogP contribution in [0.4, 0.5) is 5.69 Å². The summed E-state index contributed by atoms with van der Waals surface area (Å²) in [6.45, 7) is 4.36. The lowest BCUT2D eigenvalue weighted by Crippen LogP contribution is -2.30. The fraction of sp³-hybridized carbons (Fsp3) is 0.407. The molecule has 3 aromatic rings. The summed E-state index contributed by atoms with van der Waals surface area (Å²) in [4.78, 5) is 29.4. The summed E-state index contributed by atoms with van der Waals surface area (Å²) in [7, 11) is 0. The Kier molecular flexibility index (Phi) is 7.59.